The zero-order chi connectivity index (χ0) is 15.8. The monoisotopic (exact) mass is 309 g/mol. The third-order valence-electron chi connectivity index (χ3n) is 2.90. The normalized spacial score (nSPS) is 12.0. The number of nitrogens with one attached hydrogen (secondary N) is 1. The van der Waals surface area contributed by atoms with Crippen LogP contribution in [0.5, 0.6) is 0 Å². The number of thioether (sulfide) groups is 1. The van der Waals surface area contributed by atoms with Gasteiger partial charge < -0.3 is 10.1 Å². The summed E-state index contributed by atoms with van der Waals surface area (Å²) >= 11 is 1.55. The van der Waals surface area contributed by atoms with E-state index in [1.807, 2.05) is 19.1 Å². The molecule has 0 bridgehead atoms. The summed E-state index contributed by atoms with van der Waals surface area (Å²) in [6.07, 6.45) is 0. The number of rotatable bonds is 7. The maximum atomic E-state index is 11.9. The Morgan fingerprint density at radius 2 is 2.00 bits per heavy atom. The van der Waals surface area contributed by atoms with E-state index in [9.17, 15) is 9.59 Å². The Hall–Kier alpha value is -1.49. The molecule has 4 nitrogen and oxygen atoms in total. The summed E-state index contributed by atoms with van der Waals surface area (Å²) in [5.41, 5.74) is 1.54. The Bertz CT molecular complexity index is 488. The Labute approximate surface area is 130 Å². The molecule has 0 aromatic heterocycles. The molecule has 116 valence electrons. The first kappa shape index (κ1) is 17.6. The molecule has 0 radical (unpaired) electrons. The first-order valence-electron chi connectivity index (χ1n) is 7.00. The first-order chi connectivity index (χ1) is 9.93. The van der Waals surface area contributed by atoms with E-state index < -0.39 is 0 Å². The van der Waals surface area contributed by atoms with Crippen molar-refractivity contribution in [2.24, 2.45) is 5.92 Å². The summed E-state index contributed by atoms with van der Waals surface area (Å²) < 4.78 is 4.70. The van der Waals surface area contributed by atoms with Crippen molar-refractivity contribution in [3.8, 4) is 0 Å². The molecule has 1 N–H and O–H groups in total. The summed E-state index contributed by atoms with van der Waals surface area (Å²) in [4.78, 5) is 23.4. The molecule has 21 heavy (non-hydrogen) atoms. The average Bonchev–Trinajstić information content (AvgIpc) is 2.49. The van der Waals surface area contributed by atoms with Crippen LogP contribution in [-0.4, -0.2) is 30.8 Å². The number of methoxy groups -OCH3 is 1. The standard InChI is InChI=1S/C16H23NO3S/c1-11(2)9-17-15(18)12(3)21-10-13-6-5-7-14(8-13)16(19)20-4/h5-8,11-12H,9-10H2,1-4H3,(H,17,18)/t12-/m1/s1. The number of benzene rings is 1. The van der Waals surface area contributed by atoms with E-state index in [2.05, 4.69) is 19.2 Å². The van der Waals surface area contributed by atoms with Gasteiger partial charge >= 0.3 is 5.97 Å². The minimum absolute atomic E-state index is 0.0535. The van der Waals surface area contributed by atoms with Crippen LogP contribution in [0.4, 0.5) is 0 Å². The molecule has 0 spiro atoms. The Morgan fingerprint density at radius 3 is 2.62 bits per heavy atom. The van der Waals surface area contributed by atoms with Gasteiger partial charge in [0.25, 0.3) is 0 Å². The van der Waals surface area contributed by atoms with Gasteiger partial charge in [0.2, 0.25) is 5.91 Å². The molecule has 0 saturated heterocycles. The van der Waals surface area contributed by atoms with Crippen molar-refractivity contribution < 1.29 is 14.3 Å². The second-order valence-electron chi connectivity index (χ2n) is 5.28. The van der Waals surface area contributed by atoms with Crippen molar-refractivity contribution in [2.45, 2.75) is 31.8 Å². The van der Waals surface area contributed by atoms with Crippen molar-refractivity contribution in [2.75, 3.05) is 13.7 Å². The minimum Gasteiger partial charge on any atom is -0.465 e. The first-order valence-corrected chi connectivity index (χ1v) is 8.05. The maximum absolute atomic E-state index is 11.9. The zero-order valence-electron chi connectivity index (χ0n) is 13.0. The molecular weight excluding hydrogens is 286 g/mol. The Kier molecular flexibility index (Phi) is 7.29. The van der Waals surface area contributed by atoms with Gasteiger partial charge in [-0.05, 0) is 30.5 Å². The molecule has 0 unspecified atom stereocenters. The van der Waals surface area contributed by atoms with Gasteiger partial charge in [0.05, 0.1) is 17.9 Å². The number of esters is 1. The SMILES string of the molecule is COC(=O)c1cccc(CS[C@H](C)C(=O)NCC(C)C)c1. The highest BCUT2D eigenvalue weighted by molar-refractivity contribution is 7.99. The van der Waals surface area contributed by atoms with Crippen LogP contribution in [0.1, 0.15) is 36.7 Å². The molecule has 1 rings (SSSR count). The quantitative estimate of drug-likeness (QED) is 0.787. The van der Waals surface area contributed by atoms with Crippen LogP contribution in [0, 0.1) is 5.92 Å². The third-order valence-corrected chi connectivity index (χ3v) is 4.12. The van der Waals surface area contributed by atoms with Gasteiger partial charge in [-0.1, -0.05) is 26.0 Å². The second kappa shape index (κ2) is 8.72. The molecule has 0 saturated carbocycles. The molecule has 0 fully saturated rings. The largest absolute Gasteiger partial charge is 0.465 e. The van der Waals surface area contributed by atoms with E-state index in [-0.39, 0.29) is 17.1 Å². The number of carbonyl (C=O) groups is 2. The molecule has 1 amide bonds. The maximum Gasteiger partial charge on any atom is 0.337 e. The van der Waals surface area contributed by atoms with Crippen LogP contribution in [0.15, 0.2) is 24.3 Å². The van der Waals surface area contributed by atoms with Crippen LogP contribution in [-0.2, 0) is 15.3 Å². The summed E-state index contributed by atoms with van der Waals surface area (Å²) in [5.74, 6) is 0.839. The van der Waals surface area contributed by atoms with E-state index in [4.69, 9.17) is 4.74 Å². The molecule has 1 aromatic rings. The molecule has 1 atom stereocenters. The number of hydrogen-bond donors (Lipinski definition) is 1. The minimum atomic E-state index is -0.343. The van der Waals surface area contributed by atoms with Crippen molar-refractivity contribution in [1.29, 1.82) is 0 Å². The fraction of sp³-hybridized carbons (Fsp3) is 0.500. The lowest BCUT2D eigenvalue weighted by Crippen LogP contribution is -2.33. The van der Waals surface area contributed by atoms with Gasteiger partial charge in [-0.3, -0.25) is 4.79 Å². The van der Waals surface area contributed by atoms with E-state index in [1.54, 1.807) is 23.9 Å². The van der Waals surface area contributed by atoms with Crippen molar-refractivity contribution in [1.82, 2.24) is 5.32 Å². The van der Waals surface area contributed by atoms with Gasteiger partial charge in [-0.25, -0.2) is 4.79 Å². The summed E-state index contributed by atoms with van der Waals surface area (Å²) in [5, 5.41) is 2.80. The smallest absolute Gasteiger partial charge is 0.337 e. The van der Waals surface area contributed by atoms with Crippen molar-refractivity contribution in [3.63, 3.8) is 0 Å². The summed E-state index contributed by atoms with van der Waals surface area (Å²) in [7, 11) is 1.37. The van der Waals surface area contributed by atoms with Crippen LogP contribution < -0.4 is 5.32 Å². The average molecular weight is 309 g/mol. The Morgan fingerprint density at radius 1 is 1.29 bits per heavy atom. The third kappa shape index (κ3) is 6.21. The van der Waals surface area contributed by atoms with Gasteiger partial charge in [0, 0.05) is 12.3 Å². The van der Waals surface area contributed by atoms with Crippen molar-refractivity contribution >= 4 is 23.6 Å². The molecule has 1 aromatic carbocycles. The number of hydrogen-bond acceptors (Lipinski definition) is 4. The van der Waals surface area contributed by atoms with E-state index in [0.29, 0.717) is 23.8 Å². The van der Waals surface area contributed by atoms with E-state index in [0.717, 1.165) is 5.56 Å². The lowest BCUT2D eigenvalue weighted by Gasteiger charge is -2.13. The highest BCUT2D eigenvalue weighted by Crippen LogP contribution is 2.19. The van der Waals surface area contributed by atoms with Crippen LogP contribution >= 0.6 is 11.8 Å². The fourth-order valence-corrected chi connectivity index (χ4v) is 2.51. The number of carbonyl (C=O) groups excluding carboxylic acids is 2. The van der Waals surface area contributed by atoms with Gasteiger partial charge in [0.1, 0.15) is 0 Å². The molecule has 0 aliphatic rings. The molecular formula is C16H23NO3S. The molecule has 0 heterocycles. The van der Waals surface area contributed by atoms with Gasteiger partial charge in [-0.2, -0.15) is 0 Å². The van der Waals surface area contributed by atoms with Crippen LogP contribution in [0.25, 0.3) is 0 Å². The summed E-state index contributed by atoms with van der Waals surface area (Å²) in [6.45, 7) is 6.72. The second-order valence-corrected chi connectivity index (χ2v) is 6.61. The predicted molar refractivity (Wildman–Crippen MR) is 86.4 cm³/mol. The number of ether oxygens (including phenoxy) is 1. The van der Waals surface area contributed by atoms with Gasteiger partial charge in [0.15, 0.2) is 0 Å². The van der Waals surface area contributed by atoms with Crippen LogP contribution in [0.2, 0.25) is 0 Å². The topological polar surface area (TPSA) is 55.4 Å². The lowest BCUT2D eigenvalue weighted by atomic mass is 10.1. The highest BCUT2D eigenvalue weighted by Gasteiger charge is 2.14. The Balaban J connectivity index is 2.51. The van der Waals surface area contributed by atoms with E-state index in [1.165, 1.54) is 7.11 Å². The fourth-order valence-electron chi connectivity index (χ4n) is 1.65. The van der Waals surface area contributed by atoms with Gasteiger partial charge in [-0.15, -0.1) is 11.8 Å². The number of amides is 1. The molecule has 0 aliphatic heterocycles. The highest BCUT2D eigenvalue weighted by atomic mass is 32.2. The van der Waals surface area contributed by atoms with Crippen LogP contribution in [0.3, 0.4) is 0 Å². The predicted octanol–water partition coefficient (Wildman–Crippen LogP) is 2.87. The lowest BCUT2D eigenvalue weighted by molar-refractivity contribution is -0.120. The van der Waals surface area contributed by atoms with E-state index >= 15 is 0 Å². The summed E-state index contributed by atoms with van der Waals surface area (Å²) in [6, 6.07) is 7.29. The zero-order valence-corrected chi connectivity index (χ0v) is 13.8. The molecule has 0 aliphatic carbocycles. The van der Waals surface area contributed by atoms with Crippen molar-refractivity contribution in [3.05, 3.63) is 35.4 Å². The molecule has 5 heteroatoms.